The van der Waals surface area contributed by atoms with E-state index in [1.807, 2.05) is 24.3 Å². The molecule has 1 N–H and O–H groups in total. The van der Waals surface area contributed by atoms with E-state index in [2.05, 4.69) is 10.2 Å². The van der Waals surface area contributed by atoms with Crippen molar-refractivity contribution in [2.45, 2.75) is 69.7 Å². The topological polar surface area (TPSA) is 80.8 Å². The summed E-state index contributed by atoms with van der Waals surface area (Å²) in [5.41, 5.74) is 3.40. The second-order valence-corrected chi connectivity index (χ2v) is 10.2. The van der Waals surface area contributed by atoms with Crippen LogP contribution in [0.5, 0.6) is 0 Å². The fraction of sp³-hybridized carbons (Fsp3) is 0.607. The number of nitrogens with one attached hydrogen (secondary N) is 1. The van der Waals surface area contributed by atoms with E-state index in [4.69, 9.17) is 14.5 Å². The predicted molar refractivity (Wildman–Crippen MR) is 135 cm³/mol. The monoisotopic (exact) mass is 479 g/mol. The molecule has 0 radical (unpaired) electrons. The third-order valence-electron chi connectivity index (χ3n) is 8.04. The smallest absolute Gasteiger partial charge is 0.339 e. The molecule has 188 valence electrons. The number of carbonyl (C=O) groups excluding carboxylic acids is 2. The summed E-state index contributed by atoms with van der Waals surface area (Å²) in [5, 5.41) is 3.91. The van der Waals surface area contributed by atoms with E-state index in [1.54, 1.807) is 0 Å². The SMILES string of the molecule is O=C(COC(=O)c1c2c(nc3ccccc13)CCCCC2)NCC1(N2CCOCC2)CCCCC1. The van der Waals surface area contributed by atoms with Crippen molar-refractivity contribution in [3.05, 3.63) is 41.1 Å². The number of hydrogen-bond acceptors (Lipinski definition) is 6. The van der Waals surface area contributed by atoms with E-state index in [0.29, 0.717) is 12.1 Å². The lowest BCUT2D eigenvalue weighted by Gasteiger charge is -2.48. The molecule has 7 nitrogen and oxygen atoms in total. The van der Waals surface area contributed by atoms with Gasteiger partial charge in [0, 0.05) is 36.3 Å². The molecular weight excluding hydrogens is 442 g/mol. The third kappa shape index (κ3) is 5.36. The molecule has 35 heavy (non-hydrogen) atoms. The van der Waals surface area contributed by atoms with Crippen LogP contribution in [0.25, 0.3) is 10.9 Å². The van der Waals surface area contributed by atoms with Gasteiger partial charge in [0.15, 0.2) is 6.61 Å². The van der Waals surface area contributed by atoms with Gasteiger partial charge in [-0.3, -0.25) is 14.7 Å². The van der Waals surface area contributed by atoms with Gasteiger partial charge in [-0.05, 0) is 50.2 Å². The molecule has 1 amide bonds. The first-order valence-corrected chi connectivity index (χ1v) is 13.3. The minimum atomic E-state index is -0.419. The molecule has 1 aromatic carbocycles. The Morgan fingerprint density at radius 2 is 1.74 bits per heavy atom. The Balaban J connectivity index is 1.26. The van der Waals surface area contributed by atoms with E-state index >= 15 is 0 Å². The van der Waals surface area contributed by atoms with Crippen molar-refractivity contribution in [1.82, 2.24) is 15.2 Å². The number of nitrogens with zero attached hydrogens (tertiary/aromatic N) is 2. The quantitative estimate of drug-likeness (QED) is 0.501. The van der Waals surface area contributed by atoms with E-state index in [0.717, 1.165) is 93.4 Å². The van der Waals surface area contributed by atoms with Crippen LogP contribution in [0.3, 0.4) is 0 Å². The van der Waals surface area contributed by atoms with Crippen molar-refractivity contribution in [2.24, 2.45) is 0 Å². The van der Waals surface area contributed by atoms with Crippen LogP contribution in [0.2, 0.25) is 0 Å². The maximum Gasteiger partial charge on any atom is 0.339 e. The summed E-state index contributed by atoms with van der Waals surface area (Å²) in [4.78, 5) is 33.5. The number of amides is 1. The molecule has 2 aromatic rings. The molecule has 0 atom stereocenters. The van der Waals surface area contributed by atoms with Crippen molar-refractivity contribution in [3.8, 4) is 0 Å². The first-order valence-electron chi connectivity index (χ1n) is 13.3. The van der Waals surface area contributed by atoms with Crippen molar-refractivity contribution < 1.29 is 19.1 Å². The van der Waals surface area contributed by atoms with Crippen LogP contribution < -0.4 is 5.32 Å². The van der Waals surface area contributed by atoms with Crippen LogP contribution in [0.1, 0.15) is 73.0 Å². The van der Waals surface area contributed by atoms with Gasteiger partial charge in [-0.25, -0.2) is 4.79 Å². The van der Waals surface area contributed by atoms with Gasteiger partial charge in [-0.1, -0.05) is 43.9 Å². The number of aromatic nitrogens is 1. The molecule has 0 spiro atoms. The molecule has 1 aliphatic heterocycles. The Kier molecular flexibility index (Phi) is 7.63. The zero-order chi connectivity index (χ0) is 24.1. The molecule has 0 unspecified atom stereocenters. The van der Waals surface area contributed by atoms with E-state index in [9.17, 15) is 9.59 Å². The highest BCUT2D eigenvalue weighted by Gasteiger charge is 2.38. The minimum absolute atomic E-state index is 0.0136. The summed E-state index contributed by atoms with van der Waals surface area (Å²) in [6.45, 7) is 3.64. The number of aryl methyl sites for hydroxylation is 1. The first-order chi connectivity index (χ1) is 17.2. The predicted octanol–water partition coefficient (Wildman–Crippen LogP) is 3.81. The van der Waals surface area contributed by atoms with E-state index in [1.165, 1.54) is 19.3 Å². The highest BCUT2D eigenvalue weighted by atomic mass is 16.5. The lowest BCUT2D eigenvalue weighted by Crippen LogP contribution is -2.59. The number of carbonyl (C=O) groups is 2. The number of morpholine rings is 1. The molecule has 3 aliphatic rings. The summed E-state index contributed by atoms with van der Waals surface area (Å²) in [6.07, 6.45) is 10.7. The molecular formula is C28H37N3O4. The van der Waals surface area contributed by atoms with E-state index < -0.39 is 5.97 Å². The zero-order valence-electron chi connectivity index (χ0n) is 20.7. The van der Waals surface area contributed by atoms with Gasteiger partial charge in [0.1, 0.15) is 0 Å². The Morgan fingerprint density at radius 1 is 1.00 bits per heavy atom. The number of fused-ring (bicyclic) bond motifs is 2. The van der Waals surface area contributed by atoms with Crippen molar-refractivity contribution in [1.29, 1.82) is 0 Å². The Labute approximate surface area is 207 Å². The van der Waals surface area contributed by atoms with Crippen molar-refractivity contribution in [3.63, 3.8) is 0 Å². The van der Waals surface area contributed by atoms with Crippen LogP contribution >= 0.6 is 0 Å². The summed E-state index contributed by atoms with van der Waals surface area (Å²) in [5.74, 6) is -0.654. The lowest BCUT2D eigenvalue weighted by atomic mass is 9.79. The summed E-state index contributed by atoms with van der Waals surface area (Å²) in [6, 6.07) is 7.74. The van der Waals surface area contributed by atoms with Gasteiger partial charge in [0.05, 0.1) is 24.3 Å². The van der Waals surface area contributed by atoms with Crippen LogP contribution in [0.15, 0.2) is 24.3 Å². The zero-order valence-corrected chi connectivity index (χ0v) is 20.7. The number of rotatable bonds is 6. The van der Waals surface area contributed by atoms with E-state index in [-0.39, 0.29) is 18.1 Å². The molecule has 7 heteroatoms. The Bertz CT molecular complexity index is 1060. The number of pyridine rings is 1. The number of benzene rings is 1. The maximum atomic E-state index is 13.3. The normalized spacial score (nSPS) is 20.6. The fourth-order valence-electron chi connectivity index (χ4n) is 6.15. The van der Waals surface area contributed by atoms with Crippen LogP contribution in [-0.4, -0.2) is 66.8 Å². The maximum absolute atomic E-state index is 13.3. The van der Waals surface area contributed by atoms with Crippen molar-refractivity contribution >= 4 is 22.8 Å². The van der Waals surface area contributed by atoms with Crippen LogP contribution in [-0.2, 0) is 27.1 Å². The number of hydrogen-bond donors (Lipinski definition) is 1. The summed E-state index contributed by atoms with van der Waals surface area (Å²) < 4.78 is 11.2. The standard InChI is InChI=1S/C28H37N3O4/c32-25(29-20-28(13-7-2-8-14-28)31-15-17-34-18-16-31)19-35-27(33)26-21-9-3-1-4-11-23(21)30-24-12-6-5-10-22(24)26/h5-6,10,12H,1-4,7-9,11,13-20H2,(H,29,32). The highest BCUT2D eigenvalue weighted by molar-refractivity contribution is 6.05. The minimum Gasteiger partial charge on any atom is -0.452 e. The van der Waals surface area contributed by atoms with Crippen LogP contribution in [0, 0.1) is 0 Å². The molecule has 1 saturated heterocycles. The second kappa shape index (κ2) is 11.0. The van der Waals surface area contributed by atoms with Gasteiger partial charge >= 0.3 is 5.97 Å². The molecule has 2 fully saturated rings. The Hall–Kier alpha value is -2.51. The van der Waals surface area contributed by atoms with Gasteiger partial charge in [0.25, 0.3) is 5.91 Å². The van der Waals surface area contributed by atoms with Gasteiger partial charge in [0.2, 0.25) is 0 Å². The fourth-order valence-corrected chi connectivity index (χ4v) is 6.15. The molecule has 5 rings (SSSR count). The summed E-state index contributed by atoms with van der Waals surface area (Å²) >= 11 is 0. The average Bonchev–Trinajstić information content (AvgIpc) is 3.15. The van der Waals surface area contributed by atoms with Gasteiger partial charge in [-0.15, -0.1) is 0 Å². The number of ether oxygens (including phenoxy) is 2. The number of para-hydroxylation sites is 1. The lowest BCUT2D eigenvalue weighted by molar-refractivity contribution is -0.125. The largest absolute Gasteiger partial charge is 0.452 e. The van der Waals surface area contributed by atoms with Gasteiger partial charge < -0.3 is 14.8 Å². The Morgan fingerprint density at radius 3 is 2.57 bits per heavy atom. The molecule has 0 bridgehead atoms. The number of esters is 1. The molecule has 1 aromatic heterocycles. The average molecular weight is 480 g/mol. The first kappa shape index (κ1) is 24.2. The third-order valence-corrected chi connectivity index (χ3v) is 8.04. The highest BCUT2D eigenvalue weighted by Crippen LogP contribution is 2.34. The van der Waals surface area contributed by atoms with Crippen LogP contribution in [0.4, 0.5) is 0 Å². The molecule has 1 saturated carbocycles. The van der Waals surface area contributed by atoms with Crippen molar-refractivity contribution in [2.75, 3.05) is 39.5 Å². The molecule has 2 heterocycles. The van der Waals surface area contributed by atoms with Gasteiger partial charge in [-0.2, -0.15) is 0 Å². The molecule has 2 aliphatic carbocycles. The second-order valence-electron chi connectivity index (χ2n) is 10.2. The summed E-state index contributed by atoms with van der Waals surface area (Å²) in [7, 11) is 0.